The molecule has 1 aliphatic rings. The van der Waals surface area contributed by atoms with E-state index in [9.17, 15) is 4.79 Å². The Morgan fingerprint density at radius 3 is 2.73 bits per heavy atom. The molecule has 11 heavy (non-hydrogen) atoms. The summed E-state index contributed by atoms with van der Waals surface area (Å²) in [6.07, 6.45) is 2.59. The van der Waals surface area contributed by atoms with Crippen LogP contribution in [0.15, 0.2) is 0 Å². The van der Waals surface area contributed by atoms with E-state index in [1.54, 1.807) is 0 Å². The Morgan fingerprint density at radius 1 is 1.55 bits per heavy atom. The van der Waals surface area contributed by atoms with Gasteiger partial charge in [-0.25, -0.2) is 0 Å². The van der Waals surface area contributed by atoms with Gasteiger partial charge in [0, 0.05) is 6.42 Å². The summed E-state index contributed by atoms with van der Waals surface area (Å²) in [7, 11) is 0. The zero-order valence-corrected chi connectivity index (χ0v) is 6.93. The standard InChI is InChI=1S/C8H15NO2/c1-2-8(10)11-7-3-5-9-6-4-7/h7,9H,2-6H2,1H3. The van der Waals surface area contributed by atoms with Crippen molar-refractivity contribution in [2.24, 2.45) is 0 Å². The van der Waals surface area contributed by atoms with Crippen molar-refractivity contribution in [2.75, 3.05) is 13.1 Å². The van der Waals surface area contributed by atoms with Crippen molar-refractivity contribution in [1.29, 1.82) is 0 Å². The molecule has 0 radical (unpaired) electrons. The summed E-state index contributed by atoms with van der Waals surface area (Å²) in [4.78, 5) is 10.8. The minimum absolute atomic E-state index is 0.0723. The molecule has 0 aliphatic carbocycles. The molecular weight excluding hydrogens is 142 g/mol. The van der Waals surface area contributed by atoms with Gasteiger partial charge < -0.3 is 10.1 Å². The average Bonchev–Trinajstić information content (AvgIpc) is 2.06. The van der Waals surface area contributed by atoms with Crippen LogP contribution in [0.4, 0.5) is 0 Å². The first-order valence-corrected chi connectivity index (χ1v) is 4.23. The van der Waals surface area contributed by atoms with Crippen LogP contribution in [0, 0.1) is 0 Å². The van der Waals surface area contributed by atoms with Crippen molar-refractivity contribution in [2.45, 2.75) is 32.3 Å². The minimum Gasteiger partial charge on any atom is -0.462 e. The van der Waals surface area contributed by atoms with Gasteiger partial charge in [-0.3, -0.25) is 4.79 Å². The van der Waals surface area contributed by atoms with E-state index in [-0.39, 0.29) is 12.1 Å². The summed E-state index contributed by atoms with van der Waals surface area (Å²) in [5.74, 6) is -0.0723. The van der Waals surface area contributed by atoms with E-state index in [1.807, 2.05) is 6.92 Å². The highest BCUT2D eigenvalue weighted by Gasteiger charge is 2.15. The molecule has 1 N–H and O–H groups in total. The van der Waals surface area contributed by atoms with Crippen molar-refractivity contribution in [3.8, 4) is 0 Å². The third-order valence-electron chi connectivity index (χ3n) is 1.87. The van der Waals surface area contributed by atoms with Gasteiger partial charge in [-0.15, -0.1) is 0 Å². The van der Waals surface area contributed by atoms with E-state index in [4.69, 9.17) is 4.74 Å². The van der Waals surface area contributed by atoms with Crippen molar-refractivity contribution in [1.82, 2.24) is 5.32 Å². The maximum atomic E-state index is 10.8. The largest absolute Gasteiger partial charge is 0.462 e. The molecule has 3 nitrogen and oxygen atoms in total. The number of hydrogen-bond acceptors (Lipinski definition) is 3. The molecule has 0 amide bonds. The molecule has 0 bridgehead atoms. The fourth-order valence-electron chi connectivity index (χ4n) is 1.18. The topological polar surface area (TPSA) is 38.3 Å². The van der Waals surface area contributed by atoms with Gasteiger partial charge in [-0.2, -0.15) is 0 Å². The Bertz CT molecular complexity index is 130. The zero-order valence-electron chi connectivity index (χ0n) is 6.93. The molecule has 1 fully saturated rings. The van der Waals surface area contributed by atoms with E-state index < -0.39 is 0 Å². The second-order valence-electron chi connectivity index (χ2n) is 2.79. The number of esters is 1. The monoisotopic (exact) mass is 157 g/mol. The van der Waals surface area contributed by atoms with Gasteiger partial charge in [-0.1, -0.05) is 6.92 Å². The van der Waals surface area contributed by atoms with Crippen LogP contribution in [0.2, 0.25) is 0 Å². The lowest BCUT2D eigenvalue weighted by atomic mass is 10.1. The maximum Gasteiger partial charge on any atom is 0.305 e. The van der Waals surface area contributed by atoms with Crippen LogP contribution >= 0.6 is 0 Å². The Labute approximate surface area is 67.1 Å². The van der Waals surface area contributed by atoms with Crippen molar-refractivity contribution >= 4 is 5.97 Å². The van der Waals surface area contributed by atoms with Gasteiger partial charge in [-0.05, 0) is 25.9 Å². The Morgan fingerprint density at radius 2 is 2.18 bits per heavy atom. The number of piperidine rings is 1. The average molecular weight is 157 g/mol. The van der Waals surface area contributed by atoms with Crippen LogP contribution in [-0.4, -0.2) is 25.2 Å². The van der Waals surface area contributed by atoms with Crippen LogP contribution in [0.1, 0.15) is 26.2 Å². The molecule has 1 saturated heterocycles. The van der Waals surface area contributed by atoms with Gasteiger partial charge in [0.2, 0.25) is 0 Å². The molecular formula is C8H15NO2. The molecule has 0 atom stereocenters. The third-order valence-corrected chi connectivity index (χ3v) is 1.87. The number of ether oxygens (including phenoxy) is 1. The van der Waals surface area contributed by atoms with Gasteiger partial charge in [0.25, 0.3) is 0 Å². The van der Waals surface area contributed by atoms with Gasteiger partial charge >= 0.3 is 5.97 Å². The van der Waals surface area contributed by atoms with Crippen LogP contribution in [-0.2, 0) is 9.53 Å². The zero-order chi connectivity index (χ0) is 8.10. The highest BCUT2D eigenvalue weighted by atomic mass is 16.5. The number of nitrogens with one attached hydrogen (secondary N) is 1. The fourth-order valence-corrected chi connectivity index (χ4v) is 1.18. The van der Waals surface area contributed by atoms with E-state index in [0.717, 1.165) is 25.9 Å². The van der Waals surface area contributed by atoms with Crippen molar-refractivity contribution < 1.29 is 9.53 Å². The smallest absolute Gasteiger partial charge is 0.305 e. The molecule has 0 spiro atoms. The number of carbonyl (C=O) groups excluding carboxylic acids is 1. The fraction of sp³-hybridized carbons (Fsp3) is 0.875. The SMILES string of the molecule is CCC(=O)OC1CCNCC1. The van der Waals surface area contributed by atoms with Crippen LogP contribution in [0.5, 0.6) is 0 Å². The van der Waals surface area contributed by atoms with E-state index in [2.05, 4.69) is 5.32 Å². The van der Waals surface area contributed by atoms with Crippen LogP contribution in [0.25, 0.3) is 0 Å². The van der Waals surface area contributed by atoms with E-state index in [1.165, 1.54) is 0 Å². The minimum atomic E-state index is -0.0723. The molecule has 64 valence electrons. The lowest BCUT2D eigenvalue weighted by Crippen LogP contribution is -2.33. The quantitative estimate of drug-likeness (QED) is 0.599. The summed E-state index contributed by atoms with van der Waals surface area (Å²) in [6, 6.07) is 0. The van der Waals surface area contributed by atoms with Crippen LogP contribution in [0.3, 0.4) is 0 Å². The number of rotatable bonds is 2. The van der Waals surface area contributed by atoms with E-state index in [0.29, 0.717) is 6.42 Å². The van der Waals surface area contributed by atoms with Crippen molar-refractivity contribution in [3.63, 3.8) is 0 Å². The summed E-state index contributed by atoms with van der Waals surface area (Å²) >= 11 is 0. The molecule has 0 saturated carbocycles. The molecule has 1 rings (SSSR count). The molecule has 0 unspecified atom stereocenters. The summed E-state index contributed by atoms with van der Waals surface area (Å²) in [6.45, 7) is 3.77. The Hall–Kier alpha value is -0.570. The first-order chi connectivity index (χ1) is 5.33. The summed E-state index contributed by atoms with van der Waals surface area (Å²) in [5, 5.41) is 3.21. The molecule has 1 heterocycles. The predicted molar refractivity (Wildman–Crippen MR) is 42.3 cm³/mol. The van der Waals surface area contributed by atoms with Gasteiger partial charge in [0.1, 0.15) is 6.10 Å². The molecule has 0 aromatic heterocycles. The third kappa shape index (κ3) is 2.89. The van der Waals surface area contributed by atoms with Gasteiger partial charge in [0.05, 0.1) is 0 Å². The normalized spacial score (nSPS) is 19.7. The predicted octanol–water partition coefficient (Wildman–Crippen LogP) is 0.692. The second-order valence-corrected chi connectivity index (χ2v) is 2.79. The first kappa shape index (κ1) is 8.53. The highest BCUT2D eigenvalue weighted by molar-refractivity contribution is 5.69. The lowest BCUT2D eigenvalue weighted by Gasteiger charge is -2.22. The van der Waals surface area contributed by atoms with Crippen molar-refractivity contribution in [3.05, 3.63) is 0 Å². The maximum absolute atomic E-state index is 10.8. The van der Waals surface area contributed by atoms with Crippen LogP contribution < -0.4 is 5.32 Å². The Kier molecular flexibility index (Phi) is 3.36. The number of carbonyl (C=O) groups is 1. The first-order valence-electron chi connectivity index (χ1n) is 4.23. The Balaban J connectivity index is 2.19. The molecule has 0 aromatic rings. The van der Waals surface area contributed by atoms with Gasteiger partial charge in [0.15, 0.2) is 0 Å². The number of hydrogen-bond donors (Lipinski definition) is 1. The lowest BCUT2D eigenvalue weighted by molar-refractivity contribution is -0.149. The van der Waals surface area contributed by atoms with E-state index >= 15 is 0 Å². The summed E-state index contributed by atoms with van der Waals surface area (Å²) < 4.78 is 5.16. The molecule has 0 aromatic carbocycles. The highest BCUT2D eigenvalue weighted by Crippen LogP contribution is 2.07. The second kappa shape index (κ2) is 4.34. The molecule has 3 heteroatoms. The molecule has 1 aliphatic heterocycles. The summed E-state index contributed by atoms with van der Waals surface area (Å²) in [5.41, 5.74) is 0.